The maximum absolute atomic E-state index is 11.9. The predicted molar refractivity (Wildman–Crippen MR) is 79.4 cm³/mol. The Kier molecular flexibility index (Phi) is 4.05. The first-order valence-electron chi connectivity index (χ1n) is 6.47. The normalized spacial score (nSPS) is 15.4. The van der Waals surface area contributed by atoms with Gasteiger partial charge in [-0.2, -0.15) is 5.26 Å². The first-order valence-corrected chi connectivity index (χ1v) is 7.27. The molecule has 1 aliphatic heterocycles. The fourth-order valence-corrected chi connectivity index (χ4v) is 2.65. The van der Waals surface area contributed by atoms with Crippen LogP contribution in [0.5, 0.6) is 0 Å². The summed E-state index contributed by atoms with van der Waals surface area (Å²) in [7, 11) is 0. The Balaban J connectivity index is 2.00. The number of rotatable bonds is 1. The van der Waals surface area contributed by atoms with E-state index in [0.29, 0.717) is 18.7 Å². The molecule has 0 N–H and O–H groups in total. The van der Waals surface area contributed by atoms with E-state index in [9.17, 15) is 4.79 Å². The van der Waals surface area contributed by atoms with Gasteiger partial charge in [0.2, 0.25) is 0 Å². The van der Waals surface area contributed by atoms with Gasteiger partial charge in [-0.3, -0.25) is 0 Å². The van der Waals surface area contributed by atoms with Crippen molar-refractivity contribution in [2.75, 3.05) is 13.1 Å². The fraction of sp³-hybridized carbons (Fsp3) is 0.467. The quantitative estimate of drug-likeness (QED) is 0.786. The largest absolute Gasteiger partial charge is 0.444 e. The van der Waals surface area contributed by atoms with E-state index in [4.69, 9.17) is 10.00 Å². The van der Waals surface area contributed by atoms with Crippen LogP contribution in [0.15, 0.2) is 22.7 Å². The summed E-state index contributed by atoms with van der Waals surface area (Å²) in [6, 6.07) is 7.67. The molecule has 1 aliphatic rings. The summed E-state index contributed by atoms with van der Waals surface area (Å²) in [5, 5.41) is 8.94. The lowest BCUT2D eigenvalue weighted by atomic mass is 9.91. The monoisotopic (exact) mass is 336 g/mol. The van der Waals surface area contributed by atoms with Crippen molar-refractivity contribution in [3.05, 3.63) is 33.8 Å². The van der Waals surface area contributed by atoms with Crippen LogP contribution in [0.4, 0.5) is 4.79 Å². The molecule has 0 aliphatic carbocycles. The molecule has 0 unspecified atom stereocenters. The number of hydrogen-bond acceptors (Lipinski definition) is 3. The highest BCUT2D eigenvalue weighted by Gasteiger charge is 2.35. The van der Waals surface area contributed by atoms with E-state index in [1.54, 1.807) is 11.0 Å². The summed E-state index contributed by atoms with van der Waals surface area (Å²) < 4.78 is 6.30. The maximum atomic E-state index is 11.9. The van der Waals surface area contributed by atoms with Crippen LogP contribution < -0.4 is 0 Å². The van der Waals surface area contributed by atoms with E-state index in [0.717, 1.165) is 10.0 Å². The van der Waals surface area contributed by atoms with Crippen LogP contribution in [-0.2, 0) is 4.74 Å². The number of likely N-dealkylation sites (tertiary alicyclic amines) is 1. The van der Waals surface area contributed by atoms with Gasteiger partial charge in [0.15, 0.2) is 0 Å². The number of benzene rings is 1. The molecule has 1 aromatic rings. The van der Waals surface area contributed by atoms with Crippen LogP contribution in [0.3, 0.4) is 0 Å². The Bertz CT molecular complexity index is 566. The van der Waals surface area contributed by atoms with Crippen LogP contribution >= 0.6 is 15.9 Å². The molecule has 1 fully saturated rings. The Morgan fingerprint density at radius 1 is 1.45 bits per heavy atom. The van der Waals surface area contributed by atoms with Crippen LogP contribution in [0.2, 0.25) is 0 Å². The summed E-state index contributed by atoms with van der Waals surface area (Å²) in [6.07, 6.45) is -0.277. The minimum absolute atomic E-state index is 0.255. The Morgan fingerprint density at radius 3 is 2.65 bits per heavy atom. The molecular weight excluding hydrogens is 320 g/mol. The maximum Gasteiger partial charge on any atom is 0.410 e. The lowest BCUT2D eigenvalue weighted by molar-refractivity contribution is 0.00814. The third-order valence-corrected chi connectivity index (χ3v) is 3.82. The number of nitrogens with zero attached hydrogens (tertiary/aromatic N) is 2. The first kappa shape index (κ1) is 14.9. The number of hydrogen-bond donors (Lipinski definition) is 0. The lowest BCUT2D eigenvalue weighted by Crippen LogP contribution is -2.50. The predicted octanol–water partition coefficient (Wildman–Crippen LogP) is 3.66. The Morgan fingerprint density at radius 2 is 2.10 bits per heavy atom. The molecule has 1 aromatic carbocycles. The van der Waals surface area contributed by atoms with E-state index in [2.05, 4.69) is 22.0 Å². The molecule has 2 rings (SSSR count). The molecule has 1 amide bonds. The molecule has 20 heavy (non-hydrogen) atoms. The average molecular weight is 337 g/mol. The zero-order chi connectivity index (χ0) is 14.9. The molecular formula is C15H17BrN2O2. The topological polar surface area (TPSA) is 53.3 Å². The van der Waals surface area contributed by atoms with Crippen LogP contribution in [0, 0.1) is 11.3 Å². The molecule has 5 heteroatoms. The van der Waals surface area contributed by atoms with Gasteiger partial charge >= 0.3 is 6.09 Å². The minimum atomic E-state index is -0.469. The second-order valence-corrected chi connectivity index (χ2v) is 6.78. The number of carbonyl (C=O) groups excluding carboxylic acids is 1. The number of ether oxygens (including phenoxy) is 1. The third kappa shape index (κ3) is 3.31. The van der Waals surface area contributed by atoms with Crippen molar-refractivity contribution in [1.82, 2.24) is 4.90 Å². The molecule has 0 atom stereocenters. The zero-order valence-corrected chi connectivity index (χ0v) is 13.4. The van der Waals surface area contributed by atoms with Crippen molar-refractivity contribution < 1.29 is 9.53 Å². The van der Waals surface area contributed by atoms with Gasteiger partial charge in [0.1, 0.15) is 5.60 Å². The van der Waals surface area contributed by atoms with Crippen molar-refractivity contribution in [2.24, 2.45) is 0 Å². The van der Waals surface area contributed by atoms with Crippen molar-refractivity contribution in [3.63, 3.8) is 0 Å². The number of amides is 1. The second kappa shape index (κ2) is 5.45. The van der Waals surface area contributed by atoms with Crippen molar-refractivity contribution in [3.8, 4) is 6.07 Å². The summed E-state index contributed by atoms with van der Waals surface area (Å²) in [6.45, 7) is 6.82. The van der Waals surface area contributed by atoms with E-state index in [-0.39, 0.29) is 12.0 Å². The summed E-state index contributed by atoms with van der Waals surface area (Å²) in [5.74, 6) is 0.255. The van der Waals surface area contributed by atoms with Gasteiger partial charge in [0.05, 0.1) is 11.6 Å². The summed E-state index contributed by atoms with van der Waals surface area (Å²) in [5.41, 5.74) is 1.24. The average Bonchev–Trinajstić information content (AvgIpc) is 2.27. The molecule has 0 saturated carbocycles. The minimum Gasteiger partial charge on any atom is -0.444 e. The molecule has 0 bridgehead atoms. The molecule has 0 radical (unpaired) electrons. The van der Waals surface area contributed by atoms with Crippen LogP contribution in [0.1, 0.15) is 37.8 Å². The first-order chi connectivity index (χ1) is 9.30. The van der Waals surface area contributed by atoms with Gasteiger partial charge < -0.3 is 9.64 Å². The van der Waals surface area contributed by atoms with Crippen molar-refractivity contribution in [2.45, 2.75) is 32.3 Å². The number of nitriles is 1. The lowest BCUT2D eigenvalue weighted by Gasteiger charge is -2.40. The van der Waals surface area contributed by atoms with Crippen molar-refractivity contribution in [1.29, 1.82) is 5.26 Å². The van der Waals surface area contributed by atoms with Gasteiger partial charge in [0.25, 0.3) is 0 Å². The van der Waals surface area contributed by atoms with Crippen LogP contribution in [0.25, 0.3) is 0 Å². The fourth-order valence-electron chi connectivity index (χ4n) is 2.08. The van der Waals surface area contributed by atoms with E-state index < -0.39 is 5.60 Å². The highest BCUT2D eigenvalue weighted by atomic mass is 79.9. The Hall–Kier alpha value is -1.54. The summed E-state index contributed by atoms with van der Waals surface area (Å²) in [4.78, 5) is 13.5. The standard InChI is InChI=1S/C15H17BrN2O2/c1-15(2,3)20-14(19)18-8-11(9-18)12-6-10(7-17)4-5-13(12)16/h4-6,11H,8-9H2,1-3H3. The van der Waals surface area contributed by atoms with Gasteiger partial charge in [-0.15, -0.1) is 0 Å². The van der Waals surface area contributed by atoms with E-state index >= 15 is 0 Å². The molecule has 4 nitrogen and oxygen atoms in total. The highest BCUT2D eigenvalue weighted by molar-refractivity contribution is 9.10. The van der Waals surface area contributed by atoms with E-state index in [1.807, 2.05) is 32.9 Å². The zero-order valence-electron chi connectivity index (χ0n) is 11.8. The Labute approximate surface area is 127 Å². The number of halogens is 1. The van der Waals surface area contributed by atoms with Crippen molar-refractivity contribution >= 4 is 22.0 Å². The molecule has 1 heterocycles. The molecule has 1 saturated heterocycles. The molecule has 0 spiro atoms. The van der Waals surface area contributed by atoms with Gasteiger partial charge in [-0.05, 0) is 44.5 Å². The molecule has 0 aromatic heterocycles. The van der Waals surface area contributed by atoms with E-state index in [1.165, 1.54) is 0 Å². The van der Waals surface area contributed by atoms with Gasteiger partial charge in [-0.1, -0.05) is 15.9 Å². The smallest absolute Gasteiger partial charge is 0.410 e. The molecule has 106 valence electrons. The third-order valence-electron chi connectivity index (χ3n) is 3.10. The van der Waals surface area contributed by atoms with Crippen LogP contribution in [-0.4, -0.2) is 29.7 Å². The number of carbonyl (C=O) groups is 1. The van der Waals surface area contributed by atoms with Gasteiger partial charge in [0, 0.05) is 23.5 Å². The summed E-state index contributed by atoms with van der Waals surface area (Å²) >= 11 is 3.50. The SMILES string of the molecule is CC(C)(C)OC(=O)N1CC(c2cc(C#N)ccc2Br)C1. The van der Waals surface area contributed by atoms with Gasteiger partial charge in [-0.25, -0.2) is 4.79 Å². The highest BCUT2D eigenvalue weighted by Crippen LogP contribution is 2.33. The second-order valence-electron chi connectivity index (χ2n) is 5.93.